The molecule has 0 amide bonds. The predicted octanol–water partition coefficient (Wildman–Crippen LogP) is 0.716. The van der Waals surface area contributed by atoms with E-state index in [-0.39, 0.29) is 12.4 Å². The third kappa shape index (κ3) is 1.27. The molecule has 3 aliphatic rings. The molecule has 1 spiro atoms. The average molecular weight is 264 g/mol. The molecule has 3 rings (SSSR count). The van der Waals surface area contributed by atoms with Gasteiger partial charge in [-0.25, -0.2) is 0 Å². The van der Waals surface area contributed by atoms with E-state index in [4.69, 9.17) is 0 Å². The Bertz CT molecular complexity index is 536. The first-order valence-corrected chi connectivity index (χ1v) is 6.72. The van der Waals surface area contributed by atoms with E-state index in [9.17, 15) is 20.1 Å². The summed E-state index contributed by atoms with van der Waals surface area (Å²) in [5, 5.41) is 30.6. The van der Waals surface area contributed by atoms with Gasteiger partial charge in [0.05, 0.1) is 12.7 Å². The molecule has 3 atom stereocenters. The van der Waals surface area contributed by atoms with Crippen molar-refractivity contribution in [2.75, 3.05) is 6.61 Å². The van der Waals surface area contributed by atoms with E-state index in [1.54, 1.807) is 19.9 Å². The fourth-order valence-corrected chi connectivity index (χ4v) is 3.78. The minimum atomic E-state index is -1.40. The van der Waals surface area contributed by atoms with Crippen LogP contribution >= 0.6 is 0 Å². The second-order valence-electron chi connectivity index (χ2n) is 6.65. The first kappa shape index (κ1) is 13.0. The van der Waals surface area contributed by atoms with Gasteiger partial charge in [0.2, 0.25) is 0 Å². The average Bonchev–Trinajstić information content (AvgIpc) is 3.12. The predicted molar refractivity (Wildman–Crippen MR) is 69.3 cm³/mol. The second kappa shape index (κ2) is 3.37. The first-order chi connectivity index (χ1) is 8.71. The summed E-state index contributed by atoms with van der Waals surface area (Å²) in [4.78, 5) is 12.5. The molecule has 0 aromatic carbocycles. The quantitative estimate of drug-likeness (QED) is 0.652. The SMILES string of the molecule is CC1=C2C(=C[C@@](C)(CO)[C@@H]2O)C(=O)[C@](C)(O)C12CC2. The van der Waals surface area contributed by atoms with Crippen molar-refractivity contribution in [3.05, 3.63) is 22.8 Å². The molecule has 0 aromatic rings. The molecule has 0 aliphatic heterocycles. The number of fused-ring (bicyclic) bond motifs is 1. The monoisotopic (exact) mass is 264 g/mol. The van der Waals surface area contributed by atoms with Crippen molar-refractivity contribution in [3.63, 3.8) is 0 Å². The van der Waals surface area contributed by atoms with Crippen LogP contribution in [0.25, 0.3) is 0 Å². The molecule has 3 aliphatic carbocycles. The van der Waals surface area contributed by atoms with Crippen LogP contribution in [0.3, 0.4) is 0 Å². The fraction of sp³-hybridized carbons (Fsp3) is 0.667. The number of Topliss-reactive ketones (excluding diaryl/α,β-unsaturated/α-hetero) is 1. The van der Waals surface area contributed by atoms with Crippen LogP contribution in [0.4, 0.5) is 0 Å². The van der Waals surface area contributed by atoms with Crippen LogP contribution in [0, 0.1) is 10.8 Å². The summed E-state index contributed by atoms with van der Waals surface area (Å²) in [6.45, 7) is 4.97. The van der Waals surface area contributed by atoms with Gasteiger partial charge in [-0.2, -0.15) is 0 Å². The van der Waals surface area contributed by atoms with Gasteiger partial charge in [0, 0.05) is 16.4 Å². The molecule has 0 unspecified atom stereocenters. The Morgan fingerprint density at radius 3 is 2.42 bits per heavy atom. The van der Waals surface area contributed by atoms with Gasteiger partial charge in [0.25, 0.3) is 0 Å². The number of carbonyl (C=O) groups excluding carboxylic acids is 1. The summed E-state index contributed by atoms with van der Waals surface area (Å²) in [5.74, 6) is -0.318. The highest BCUT2D eigenvalue weighted by molar-refractivity contribution is 6.09. The maximum atomic E-state index is 12.5. The zero-order valence-corrected chi connectivity index (χ0v) is 11.5. The van der Waals surface area contributed by atoms with Crippen LogP contribution in [-0.4, -0.2) is 39.4 Å². The molecule has 0 heterocycles. The number of hydrogen-bond donors (Lipinski definition) is 3. The molecule has 0 aromatic heterocycles. The van der Waals surface area contributed by atoms with Crippen LogP contribution in [-0.2, 0) is 4.79 Å². The molecule has 1 fully saturated rings. The van der Waals surface area contributed by atoms with Crippen molar-refractivity contribution in [1.82, 2.24) is 0 Å². The number of hydrogen-bond acceptors (Lipinski definition) is 4. The Morgan fingerprint density at radius 2 is 1.95 bits per heavy atom. The summed E-state index contributed by atoms with van der Waals surface area (Å²) < 4.78 is 0. The second-order valence-corrected chi connectivity index (χ2v) is 6.65. The summed E-state index contributed by atoms with van der Waals surface area (Å²) in [6, 6.07) is 0. The minimum absolute atomic E-state index is 0.225. The van der Waals surface area contributed by atoms with Crippen LogP contribution in [0.15, 0.2) is 22.8 Å². The van der Waals surface area contributed by atoms with E-state index < -0.39 is 22.5 Å². The van der Waals surface area contributed by atoms with Gasteiger partial charge >= 0.3 is 0 Å². The van der Waals surface area contributed by atoms with Gasteiger partial charge in [0.15, 0.2) is 5.78 Å². The van der Waals surface area contributed by atoms with Gasteiger partial charge in [-0.1, -0.05) is 18.6 Å². The van der Waals surface area contributed by atoms with Crippen molar-refractivity contribution in [2.24, 2.45) is 10.8 Å². The lowest BCUT2D eigenvalue weighted by Crippen LogP contribution is -2.50. The number of rotatable bonds is 1. The highest BCUT2D eigenvalue weighted by atomic mass is 16.3. The molecule has 4 heteroatoms. The first-order valence-electron chi connectivity index (χ1n) is 6.72. The third-order valence-corrected chi connectivity index (χ3v) is 5.49. The van der Waals surface area contributed by atoms with Crippen molar-refractivity contribution < 1.29 is 20.1 Å². The van der Waals surface area contributed by atoms with E-state index in [1.807, 2.05) is 6.92 Å². The molecule has 0 saturated heterocycles. The molecule has 0 radical (unpaired) electrons. The third-order valence-electron chi connectivity index (χ3n) is 5.49. The van der Waals surface area contributed by atoms with Crippen molar-refractivity contribution in [1.29, 1.82) is 0 Å². The summed E-state index contributed by atoms with van der Waals surface area (Å²) >= 11 is 0. The van der Waals surface area contributed by atoms with Gasteiger partial charge in [-0.15, -0.1) is 0 Å². The zero-order chi connectivity index (χ0) is 14.2. The lowest BCUT2D eigenvalue weighted by molar-refractivity contribution is -0.138. The standard InChI is InChI=1S/C15H20O4/c1-8-10-9(6-13(2,7-16)12(10)18)11(17)14(3,19)15(8)4-5-15/h6,12,16,18-19H,4-5,7H2,1-3H3/t12-,13+,14+/m1/s1. The van der Waals surface area contributed by atoms with E-state index in [0.29, 0.717) is 11.1 Å². The van der Waals surface area contributed by atoms with Crippen molar-refractivity contribution >= 4 is 5.78 Å². The Kier molecular flexibility index (Phi) is 2.31. The van der Waals surface area contributed by atoms with Crippen LogP contribution < -0.4 is 0 Å². The zero-order valence-electron chi connectivity index (χ0n) is 11.5. The largest absolute Gasteiger partial charge is 0.395 e. The lowest BCUT2D eigenvalue weighted by Gasteiger charge is -2.39. The number of aliphatic hydroxyl groups is 3. The normalized spacial score (nSPS) is 43.6. The molecule has 1 saturated carbocycles. The van der Waals surface area contributed by atoms with E-state index in [0.717, 1.165) is 18.4 Å². The topological polar surface area (TPSA) is 77.8 Å². The molecule has 19 heavy (non-hydrogen) atoms. The smallest absolute Gasteiger partial charge is 0.195 e. The minimum Gasteiger partial charge on any atom is -0.395 e. The molecule has 104 valence electrons. The maximum Gasteiger partial charge on any atom is 0.195 e. The maximum absolute atomic E-state index is 12.5. The Morgan fingerprint density at radius 1 is 1.37 bits per heavy atom. The number of ketones is 1. The number of aliphatic hydroxyl groups excluding tert-OH is 2. The summed E-state index contributed by atoms with van der Waals surface area (Å²) in [5.41, 5.74) is -0.800. The van der Waals surface area contributed by atoms with Crippen LogP contribution in [0.5, 0.6) is 0 Å². The van der Waals surface area contributed by atoms with Gasteiger partial charge < -0.3 is 15.3 Å². The summed E-state index contributed by atoms with van der Waals surface area (Å²) in [7, 11) is 0. The Labute approximate surface area is 112 Å². The highest BCUT2D eigenvalue weighted by Crippen LogP contribution is 2.65. The van der Waals surface area contributed by atoms with Crippen LogP contribution in [0.2, 0.25) is 0 Å². The molecular formula is C15H20O4. The molecule has 3 N–H and O–H groups in total. The Hall–Kier alpha value is -0.970. The summed E-state index contributed by atoms with van der Waals surface area (Å²) in [6.07, 6.45) is 2.31. The fourth-order valence-electron chi connectivity index (χ4n) is 3.78. The highest BCUT2D eigenvalue weighted by Gasteiger charge is 2.66. The molecule has 0 bridgehead atoms. The van der Waals surface area contributed by atoms with Crippen molar-refractivity contribution in [2.45, 2.75) is 45.3 Å². The molecular weight excluding hydrogens is 244 g/mol. The molecule has 4 nitrogen and oxygen atoms in total. The van der Waals surface area contributed by atoms with Gasteiger partial charge in [0.1, 0.15) is 5.60 Å². The van der Waals surface area contributed by atoms with Gasteiger partial charge in [-0.3, -0.25) is 4.79 Å². The lowest BCUT2D eigenvalue weighted by atomic mass is 9.67. The van der Waals surface area contributed by atoms with E-state index in [2.05, 4.69) is 0 Å². The number of carbonyl (C=O) groups is 1. The van der Waals surface area contributed by atoms with E-state index in [1.165, 1.54) is 0 Å². The van der Waals surface area contributed by atoms with Gasteiger partial charge in [-0.05, 0) is 32.3 Å². The van der Waals surface area contributed by atoms with Crippen LogP contribution in [0.1, 0.15) is 33.6 Å². The Balaban J connectivity index is 2.25. The van der Waals surface area contributed by atoms with E-state index >= 15 is 0 Å². The van der Waals surface area contributed by atoms with Crippen molar-refractivity contribution in [3.8, 4) is 0 Å².